The van der Waals surface area contributed by atoms with Crippen molar-refractivity contribution in [2.75, 3.05) is 13.1 Å². The second-order valence-corrected chi connectivity index (χ2v) is 6.30. The molecule has 0 unspecified atom stereocenters. The zero-order chi connectivity index (χ0) is 16.2. The van der Waals surface area contributed by atoms with Crippen LogP contribution in [0.2, 0.25) is 5.02 Å². The van der Waals surface area contributed by atoms with Crippen molar-refractivity contribution in [3.05, 3.63) is 63.3 Å². The molecule has 0 spiro atoms. The molecule has 1 aliphatic heterocycles. The lowest BCUT2D eigenvalue weighted by Gasteiger charge is -2.33. The van der Waals surface area contributed by atoms with Crippen molar-refractivity contribution in [2.45, 2.75) is 19.3 Å². The van der Waals surface area contributed by atoms with Crippen LogP contribution >= 0.6 is 11.6 Å². The van der Waals surface area contributed by atoms with Gasteiger partial charge in [0.25, 0.3) is 11.5 Å². The van der Waals surface area contributed by atoms with Crippen LogP contribution in [0.25, 0.3) is 0 Å². The number of piperidine rings is 1. The van der Waals surface area contributed by atoms with Crippen molar-refractivity contribution in [1.82, 2.24) is 14.9 Å². The van der Waals surface area contributed by atoms with Crippen molar-refractivity contribution in [2.24, 2.45) is 5.92 Å². The third-order valence-corrected chi connectivity index (χ3v) is 4.44. The first-order valence-corrected chi connectivity index (χ1v) is 8.07. The molecular weight excluding hydrogens is 314 g/mol. The minimum Gasteiger partial charge on any atom is -0.338 e. The quantitative estimate of drug-likeness (QED) is 0.939. The second kappa shape index (κ2) is 6.96. The highest BCUT2D eigenvalue weighted by atomic mass is 35.5. The Kier molecular flexibility index (Phi) is 4.76. The Morgan fingerprint density at radius 3 is 3.09 bits per heavy atom. The SMILES string of the molecule is O=C(c1c[nH]c(=O)c(Cl)c1)N1CCC[C@H](Cc2cccnc2)C1. The maximum Gasteiger partial charge on any atom is 0.266 e. The molecule has 3 rings (SSSR count). The van der Waals surface area contributed by atoms with E-state index in [2.05, 4.69) is 16.0 Å². The summed E-state index contributed by atoms with van der Waals surface area (Å²) in [5.41, 5.74) is 1.24. The van der Waals surface area contributed by atoms with E-state index in [4.69, 9.17) is 11.6 Å². The minimum atomic E-state index is -0.378. The zero-order valence-corrected chi connectivity index (χ0v) is 13.4. The number of aromatic nitrogens is 2. The van der Waals surface area contributed by atoms with Gasteiger partial charge in [0.2, 0.25) is 0 Å². The number of nitrogens with zero attached hydrogens (tertiary/aromatic N) is 2. The van der Waals surface area contributed by atoms with Crippen molar-refractivity contribution < 1.29 is 4.79 Å². The monoisotopic (exact) mass is 331 g/mol. The molecule has 1 amide bonds. The number of hydrogen-bond donors (Lipinski definition) is 1. The molecule has 120 valence electrons. The van der Waals surface area contributed by atoms with Gasteiger partial charge < -0.3 is 9.88 Å². The summed E-state index contributed by atoms with van der Waals surface area (Å²) in [6, 6.07) is 5.44. The predicted molar refractivity (Wildman–Crippen MR) is 88.6 cm³/mol. The first kappa shape index (κ1) is 15.7. The average Bonchev–Trinajstić information content (AvgIpc) is 2.58. The van der Waals surface area contributed by atoms with Gasteiger partial charge in [0.1, 0.15) is 5.02 Å². The van der Waals surface area contributed by atoms with Crippen LogP contribution < -0.4 is 5.56 Å². The van der Waals surface area contributed by atoms with Crippen molar-refractivity contribution >= 4 is 17.5 Å². The number of carbonyl (C=O) groups is 1. The van der Waals surface area contributed by atoms with Crippen LogP contribution in [0.3, 0.4) is 0 Å². The largest absolute Gasteiger partial charge is 0.338 e. The molecule has 6 heteroatoms. The standard InChI is InChI=1S/C17H18ClN3O2/c18-15-8-14(10-20-16(15)22)17(23)21-6-2-4-13(11-21)7-12-3-1-5-19-9-12/h1,3,5,8-10,13H,2,4,6-7,11H2,(H,20,22)/t13-/m1/s1. The van der Waals surface area contributed by atoms with E-state index < -0.39 is 0 Å². The van der Waals surface area contributed by atoms with Crippen molar-refractivity contribution in [3.63, 3.8) is 0 Å². The summed E-state index contributed by atoms with van der Waals surface area (Å²) in [4.78, 5) is 32.4. The van der Waals surface area contributed by atoms with Gasteiger partial charge in [-0.1, -0.05) is 17.7 Å². The highest BCUT2D eigenvalue weighted by molar-refractivity contribution is 6.30. The maximum atomic E-state index is 12.6. The van der Waals surface area contributed by atoms with Gasteiger partial charge in [-0.15, -0.1) is 0 Å². The number of likely N-dealkylation sites (tertiary alicyclic amines) is 1. The summed E-state index contributed by atoms with van der Waals surface area (Å²) in [5, 5.41) is 0.0415. The highest BCUT2D eigenvalue weighted by Gasteiger charge is 2.25. The fraction of sp³-hybridized carbons (Fsp3) is 0.353. The van der Waals surface area contributed by atoms with E-state index in [1.165, 1.54) is 17.8 Å². The number of rotatable bonds is 3. The molecule has 0 bridgehead atoms. The summed E-state index contributed by atoms with van der Waals surface area (Å²) >= 11 is 5.81. The molecule has 1 N–H and O–H groups in total. The molecular formula is C17H18ClN3O2. The highest BCUT2D eigenvalue weighted by Crippen LogP contribution is 2.22. The van der Waals surface area contributed by atoms with Crippen molar-refractivity contribution in [1.29, 1.82) is 0 Å². The molecule has 5 nitrogen and oxygen atoms in total. The lowest BCUT2D eigenvalue weighted by molar-refractivity contribution is 0.0673. The summed E-state index contributed by atoms with van der Waals surface area (Å²) < 4.78 is 0. The van der Waals surface area contributed by atoms with Crippen LogP contribution in [0.1, 0.15) is 28.8 Å². The van der Waals surface area contributed by atoms with Crippen molar-refractivity contribution in [3.8, 4) is 0 Å². The van der Waals surface area contributed by atoms with Gasteiger partial charge in [0.05, 0.1) is 5.56 Å². The van der Waals surface area contributed by atoms with E-state index in [-0.39, 0.29) is 16.5 Å². The smallest absolute Gasteiger partial charge is 0.266 e. The van der Waals surface area contributed by atoms with Gasteiger partial charge in [0.15, 0.2) is 0 Å². The Morgan fingerprint density at radius 2 is 2.35 bits per heavy atom. The van der Waals surface area contributed by atoms with Gasteiger partial charge in [-0.2, -0.15) is 0 Å². The minimum absolute atomic E-state index is 0.0415. The number of aromatic amines is 1. The van der Waals surface area contributed by atoms with Crippen LogP contribution in [0.15, 0.2) is 41.6 Å². The molecule has 0 aliphatic carbocycles. The van der Waals surface area contributed by atoms with Gasteiger partial charge in [-0.3, -0.25) is 14.6 Å². The van der Waals surface area contributed by atoms with Gasteiger partial charge in [-0.05, 0) is 42.9 Å². The van der Waals surface area contributed by atoms with Crippen LogP contribution in [0, 0.1) is 5.92 Å². The van der Waals surface area contributed by atoms with Crippen LogP contribution in [-0.4, -0.2) is 33.9 Å². The number of carbonyl (C=O) groups excluding carboxylic acids is 1. The summed E-state index contributed by atoms with van der Waals surface area (Å²) in [6.07, 6.45) is 8.08. The van der Waals surface area contributed by atoms with Gasteiger partial charge in [0, 0.05) is 31.7 Å². The third-order valence-electron chi connectivity index (χ3n) is 4.16. The molecule has 2 aromatic heterocycles. The lowest BCUT2D eigenvalue weighted by atomic mass is 9.91. The van der Waals surface area contributed by atoms with Gasteiger partial charge in [-0.25, -0.2) is 0 Å². The number of amides is 1. The molecule has 0 aromatic carbocycles. The normalized spacial score (nSPS) is 18.0. The van der Waals surface area contributed by atoms with E-state index in [9.17, 15) is 9.59 Å². The van der Waals surface area contributed by atoms with E-state index in [1.54, 1.807) is 6.20 Å². The molecule has 1 fully saturated rings. The summed E-state index contributed by atoms with van der Waals surface area (Å²) in [7, 11) is 0. The van der Waals surface area contributed by atoms with Crippen LogP contribution in [0.5, 0.6) is 0 Å². The third kappa shape index (κ3) is 3.79. The topological polar surface area (TPSA) is 66.1 Å². The Bertz CT molecular complexity index is 745. The number of halogens is 1. The van der Waals surface area contributed by atoms with E-state index in [0.717, 1.165) is 25.8 Å². The number of nitrogens with one attached hydrogen (secondary N) is 1. The molecule has 0 radical (unpaired) electrons. The second-order valence-electron chi connectivity index (χ2n) is 5.89. The van der Waals surface area contributed by atoms with E-state index in [0.29, 0.717) is 18.0 Å². The Hall–Kier alpha value is -2.14. The number of hydrogen-bond acceptors (Lipinski definition) is 3. The average molecular weight is 332 g/mol. The molecule has 23 heavy (non-hydrogen) atoms. The van der Waals surface area contributed by atoms with Crippen LogP contribution in [-0.2, 0) is 6.42 Å². The predicted octanol–water partition coefficient (Wildman–Crippen LogP) is 2.52. The fourth-order valence-electron chi connectivity index (χ4n) is 3.03. The fourth-order valence-corrected chi connectivity index (χ4v) is 3.20. The maximum absolute atomic E-state index is 12.6. The van der Waals surface area contributed by atoms with Gasteiger partial charge >= 0.3 is 0 Å². The Balaban J connectivity index is 1.69. The Morgan fingerprint density at radius 1 is 1.48 bits per heavy atom. The van der Waals surface area contributed by atoms with Crippen LogP contribution in [0.4, 0.5) is 0 Å². The molecule has 1 aliphatic rings. The first-order valence-electron chi connectivity index (χ1n) is 7.70. The first-order chi connectivity index (χ1) is 11.1. The van der Waals surface area contributed by atoms with E-state index >= 15 is 0 Å². The summed E-state index contributed by atoms with van der Waals surface area (Å²) in [5.74, 6) is 0.342. The molecule has 3 heterocycles. The Labute approximate surface area is 139 Å². The lowest BCUT2D eigenvalue weighted by Crippen LogP contribution is -2.40. The van der Waals surface area contributed by atoms with E-state index in [1.807, 2.05) is 17.2 Å². The zero-order valence-electron chi connectivity index (χ0n) is 12.7. The number of pyridine rings is 2. The number of H-pyrrole nitrogens is 1. The molecule has 1 atom stereocenters. The molecule has 2 aromatic rings. The molecule has 1 saturated heterocycles. The molecule has 0 saturated carbocycles. The summed E-state index contributed by atoms with van der Waals surface area (Å²) in [6.45, 7) is 1.45.